The zero-order valence-electron chi connectivity index (χ0n) is 25.6. The Kier molecular flexibility index (Phi) is 7.63. The molecule has 230 valence electrons. The van der Waals surface area contributed by atoms with E-state index in [-0.39, 0.29) is 18.6 Å². The third-order valence-electron chi connectivity index (χ3n) is 8.04. The Morgan fingerprint density at radius 3 is 2.68 bits per heavy atom. The van der Waals surface area contributed by atoms with Gasteiger partial charge in [-0.1, -0.05) is 12.1 Å². The zero-order valence-corrected chi connectivity index (χ0v) is 25.6. The Balaban J connectivity index is 1.41. The third kappa shape index (κ3) is 5.77. The Hall–Kier alpha value is -4.35. The van der Waals surface area contributed by atoms with Gasteiger partial charge < -0.3 is 20.1 Å². The van der Waals surface area contributed by atoms with Crippen molar-refractivity contribution in [2.24, 2.45) is 0 Å². The number of imidazole rings is 1. The van der Waals surface area contributed by atoms with Crippen molar-refractivity contribution in [3.05, 3.63) is 77.0 Å². The number of hydrogen-bond acceptors (Lipinski definition) is 8. The van der Waals surface area contributed by atoms with Gasteiger partial charge in [0.25, 0.3) is 5.91 Å². The maximum absolute atomic E-state index is 13.9. The lowest BCUT2D eigenvalue weighted by atomic mass is 9.95. The summed E-state index contributed by atoms with van der Waals surface area (Å²) in [6, 6.07) is 10.3. The normalized spacial score (nSPS) is 18.4. The van der Waals surface area contributed by atoms with E-state index in [1.165, 1.54) is 12.1 Å². The molecular weight excluding hydrogens is 563 g/mol. The highest BCUT2D eigenvalue weighted by molar-refractivity contribution is 6.11. The molecule has 4 heterocycles. The van der Waals surface area contributed by atoms with Gasteiger partial charge in [-0.25, -0.2) is 24.1 Å². The molecule has 1 aliphatic carbocycles. The summed E-state index contributed by atoms with van der Waals surface area (Å²) in [6.07, 6.45) is 4.61. The van der Waals surface area contributed by atoms with Crippen molar-refractivity contribution in [3.63, 3.8) is 0 Å². The maximum atomic E-state index is 13.9. The summed E-state index contributed by atoms with van der Waals surface area (Å²) in [7, 11) is 3.97. The highest BCUT2D eigenvalue weighted by atomic mass is 19.1. The van der Waals surface area contributed by atoms with E-state index >= 15 is 0 Å². The van der Waals surface area contributed by atoms with E-state index < -0.39 is 23.4 Å². The number of fused-ring (bicyclic) bond motifs is 2. The minimum atomic E-state index is -0.786. The molecule has 0 spiro atoms. The molecule has 11 heteroatoms. The molecule has 44 heavy (non-hydrogen) atoms. The van der Waals surface area contributed by atoms with Gasteiger partial charge in [0, 0.05) is 24.4 Å². The van der Waals surface area contributed by atoms with E-state index in [0.29, 0.717) is 46.1 Å². The highest BCUT2D eigenvalue weighted by Gasteiger charge is 2.39. The summed E-state index contributed by atoms with van der Waals surface area (Å²) >= 11 is 0. The molecule has 0 bridgehead atoms. The molecule has 2 aliphatic rings. The van der Waals surface area contributed by atoms with Crippen LogP contribution >= 0.6 is 0 Å². The lowest BCUT2D eigenvalue weighted by Crippen LogP contribution is -2.37. The van der Waals surface area contributed by atoms with Crippen molar-refractivity contribution in [3.8, 4) is 11.3 Å². The zero-order chi connectivity index (χ0) is 31.3. The standard InChI is InChI=1S/C33H37FN6O4/c1-33(2,3)44-32(43)40-17-24-23(27-16-35-29-15-20(34)12-13-39(27)29)8-10-25(30(24)31(40)42)36-28-11-9-22(19-6-7-21(41)14-19)26(37-28)18-38(4)5/h8-13,15-16,19,21,41H,6-7,14,17-18H2,1-5H3,(H,36,37)/t19-,21-/m0/s1. The molecule has 0 unspecified atom stereocenters. The first kappa shape index (κ1) is 29.7. The number of aliphatic hydroxyl groups excluding tert-OH is 1. The fraction of sp³-hybridized carbons (Fsp3) is 0.394. The Morgan fingerprint density at radius 1 is 1.18 bits per heavy atom. The van der Waals surface area contributed by atoms with Gasteiger partial charge in [-0.3, -0.25) is 9.20 Å². The largest absolute Gasteiger partial charge is 0.443 e. The number of nitrogens with zero attached hydrogens (tertiary/aromatic N) is 5. The first-order valence-corrected chi connectivity index (χ1v) is 14.8. The van der Waals surface area contributed by atoms with Crippen molar-refractivity contribution < 1.29 is 23.8 Å². The number of amides is 2. The van der Waals surface area contributed by atoms with Crippen LogP contribution in [0.3, 0.4) is 0 Å². The first-order chi connectivity index (χ1) is 20.9. The Bertz CT molecular complexity index is 1760. The van der Waals surface area contributed by atoms with Crippen LogP contribution in [-0.4, -0.2) is 67.1 Å². The minimum Gasteiger partial charge on any atom is -0.443 e. The number of ether oxygens (including phenoxy) is 1. The number of rotatable bonds is 6. The molecule has 10 nitrogen and oxygen atoms in total. The van der Waals surface area contributed by atoms with E-state index in [1.54, 1.807) is 43.6 Å². The van der Waals surface area contributed by atoms with Crippen LogP contribution < -0.4 is 5.32 Å². The van der Waals surface area contributed by atoms with Gasteiger partial charge in [0.15, 0.2) is 0 Å². The number of carbonyl (C=O) groups excluding carboxylic acids is 2. The van der Waals surface area contributed by atoms with Crippen LogP contribution in [0.25, 0.3) is 16.9 Å². The number of nitrogens with one attached hydrogen (secondary N) is 1. The summed E-state index contributed by atoms with van der Waals surface area (Å²) in [6.45, 7) is 5.88. The second-order valence-corrected chi connectivity index (χ2v) is 12.9. The van der Waals surface area contributed by atoms with Crippen LogP contribution in [-0.2, 0) is 17.8 Å². The molecule has 6 rings (SSSR count). The van der Waals surface area contributed by atoms with Crippen molar-refractivity contribution in [1.82, 2.24) is 24.2 Å². The fourth-order valence-corrected chi connectivity index (χ4v) is 6.14. The van der Waals surface area contributed by atoms with Crippen LogP contribution in [0.4, 0.5) is 20.7 Å². The number of hydrogen-bond donors (Lipinski definition) is 2. The molecule has 2 N–H and O–H groups in total. The van der Waals surface area contributed by atoms with Crippen molar-refractivity contribution in [1.29, 1.82) is 0 Å². The van der Waals surface area contributed by atoms with E-state index in [2.05, 4.69) is 21.3 Å². The topological polar surface area (TPSA) is 112 Å². The summed E-state index contributed by atoms with van der Waals surface area (Å²) in [5.41, 5.74) is 4.50. The molecule has 0 saturated heterocycles. The summed E-state index contributed by atoms with van der Waals surface area (Å²) in [5.74, 6) is -0.0775. The van der Waals surface area contributed by atoms with Crippen LogP contribution in [0.5, 0.6) is 0 Å². The van der Waals surface area contributed by atoms with Crippen molar-refractivity contribution >= 4 is 29.2 Å². The SMILES string of the molecule is CN(C)Cc1nc(Nc2ccc(-c3cnc4cc(F)ccn34)c3c2C(=O)N(C(=O)OC(C)(C)C)C3)ccc1[C@H]1CC[C@H](O)C1. The Labute approximate surface area is 255 Å². The van der Waals surface area contributed by atoms with Crippen LogP contribution in [0.15, 0.2) is 48.8 Å². The lowest BCUT2D eigenvalue weighted by molar-refractivity contribution is 0.0248. The van der Waals surface area contributed by atoms with Gasteiger partial charge in [-0.15, -0.1) is 0 Å². The van der Waals surface area contributed by atoms with E-state index in [9.17, 15) is 19.1 Å². The second kappa shape index (κ2) is 11.3. The third-order valence-corrected chi connectivity index (χ3v) is 8.04. The van der Waals surface area contributed by atoms with Crippen LogP contribution in [0.1, 0.15) is 73.1 Å². The fourth-order valence-electron chi connectivity index (χ4n) is 6.14. The molecule has 1 aromatic carbocycles. The van der Waals surface area contributed by atoms with Gasteiger partial charge in [0.05, 0.1) is 41.5 Å². The van der Waals surface area contributed by atoms with Gasteiger partial charge >= 0.3 is 6.09 Å². The highest BCUT2D eigenvalue weighted by Crippen LogP contribution is 2.40. The van der Waals surface area contributed by atoms with Crippen molar-refractivity contribution in [2.75, 3.05) is 19.4 Å². The van der Waals surface area contributed by atoms with Crippen LogP contribution in [0.2, 0.25) is 0 Å². The van der Waals surface area contributed by atoms with Crippen LogP contribution in [0, 0.1) is 5.82 Å². The van der Waals surface area contributed by atoms with E-state index in [4.69, 9.17) is 9.72 Å². The molecule has 2 amide bonds. The molecule has 3 aromatic heterocycles. The number of benzene rings is 1. The monoisotopic (exact) mass is 600 g/mol. The summed E-state index contributed by atoms with van der Waals surface area (Å²) < 4.78 is 21.2. The predicted octanol–water partition coefficient (Wildman–Crippen LogP) is 5.86. The number of aliphatic hydroxyl groups is 1. The molecule has 2 atom stereocenters. The van der Waals surface area contributed by atoms with Gasteiger partial charge in [0.2, 0.25) is 0 Å². The van der Waals surface area contributed by atoms with E-state index in [0.717, 1.165) is 35.4 Å². The average molecular weight is 601 g/mol. The second-order valence-electron chi connectivity index (χ2n) is 12.9. The smallest absolute Gasteiger partial charge is 0.417 e. The molecular formula is C33H37FN6O4. The van der Waals surface area contributed by atoms with E-state index in [1.807, 2.05) is 26.2 Å². The number of anilines is 2. The quantitative estimate of drug-likeness (QED) is 0.283. The molecule has 1 fully saturated rings. The summed E-state index contributed by atoms with van der Waals surface area (Å²) in [4.78, 5) is 39.5. The number of pyridine rings is 2. The maximum Gasteiger partial charge on any atom is 0.417 e. The summed E-state index contributed by atoms with van der Waals surface area (Å²) in [5, 5.41) is 13.5. The van der Waals surface area contributed by atoms with Crippen molar-refractivity contribution in [2.45, 2.75) is 70.7 Å². The number of aromatic nitrogens is 3. The molecule has 1 aliphatic heterocycles. The number of imide groups is 1. The van der Waals surface area contributed by atoms with Gasteiger partial charge in [-0.2, -0.15) is 0 Å². The molecule has 0 radical (unpaired) electrons. The minimum absolute atomic E-state index is 0.00458. The predicted molar refractivity (Wildman–Crippen MR) is 164 cm³/mol. The molecule has 4 aromatic rings. The van der Waals surface area contributed by atoms with Gasteiger partial charge in [0.1, 0.15) is 22.9 Å². The molecule has 1 saturated carbocycles. The lowest BCUT2D eigenvalue weighted by Gasteiger charge is -2.23. The average Bonchev–Trinajstić information content (AvgIpc) is 3.65. The van der Waals surface area contributed by atoms with Gasteiger partial charge in [-0.05, 0) is 89.4 Å². The first-order valence-electron chi connectivity index (χ1n) is 14.8. The Morgan fingerprint density at radius 2 is 1.98 bits per heavy atom. The number of halogens is 1. The number of carbonyl (C=O) groups is 2.